The van der Waals surface area contributed by atoms with Crippen LogP contribution < -0.4 is 5.32 Å². The van der Waals surface area contributed by atoms with Crippen molar-refractivity contribution in [3.63, 3.8) is 0 Å². The van der Waals surface area contributed by atoms with E-state index < -0.39 is 0 Å². The minimum absolute atomic E-state index is 0.0528. The fraction of sp³-hybridized carbons (Fsp3) is 0.688. The lowest BCUT2D eigenvalue weighted by Crippen LogP contribution is -2.45. The minimum atomic E-state index is -0.0528. The van der Waals surface area contributed by atoms with Gasteiger partial charge in [-0.2, -0.15) is 11.8 Å². The topological polar surface area (TPSA) is 35.6 Å². The first-order chi connectivity index (χ1) is 10.5. The van der Waals surface area contributed by atoms with Gasteiger partial charge in [0.25, 0.3) is 0 Å². The van der Waals surface area contributed by atoms with Gasteiger partial charge in [-0.05, 0) is 45.1 Å². The Morgan fingerprint density at radius 2 is 2.32 bits per heavy atom. The van der Waals surface area contributed by atoms with Gasteiger partial charge in [0.1, 0.15) is 0 Å². The zero-order valence-electron chi connectivity index (χ0n) is 13.9. The summed E-state index contributed by atoms with van der Waals surface area (Å²) in [5.74, 6) is 0.149. The van der Waals surface area contributed by atoms with Crippen LogP contribution in [-0.2, 0) is 11.2 Å². The SMILES string of the molecule is CS[C@@H]1CN([C@@H](C)C(=O)NCCc2cccs2)C[C@H]1N(C)C. The van der Waals surface area contributed by atoms with Gasteiger partial charge in [-0.15, -0.1) is 11.3 Å². The van der Waals surface area contributed by atoms with Crippen molar-refractivity contribution >= 4 is 29.0 Å². The van der Waals surface area contributed by atoms with Crippen LogP contribution in [0.4, 0.5) is 0 Å². The number of thioether (sulfide) groups is 1. The highest BCUT2D eigenvalue weighted by molar-refractivity contribution is 7.99. The second kappa shape index (κ2) is 8.34. The highest BCUT2D eigenvalue weighted by atomic mass is 32.2. The van der Waals surface area contributed by atoms with Crippen molar-refractivity contribution in [1.29, 1.82) is 0 Å². The molecule has 1 aliphatic heterocycles. The van der Waals surface area contributed by atoms with E-state index in [1.54, 1.807) is 11.3 Å². The zero-order valence-corrected chi connectivity index (χ0v) is 15.5. The van der Waals surface area contributed by atoms with E-state index in [2.05, 4.69) is 53.0 Å². The molecule has 0 unspecified atom stereocenters. The predicted octanol–water partition coefficient (Wildman–Crippen LogP) is 1.77. The summed E-state index contributed by atoms with van der Waals surface area (Å²) in [6.07, 6.45) is 3.08. The molecule has 4 nitrogen and oxygen atoms in total. The van der Waals surface area contributed by atoms with Gasteiger partial charge in [0, 0.05) is 35.8 Å². The van der Waals surface area contributed by atoms with Gasteiger partial charge in [-0.3, -0.25) is 9.69 Å². The number of amides is 1. The summed E-state index contributed by atoms with van der Waals surface area (Å²) in [7, 11) is 4.26. The van der Waals surface area contributed by atoms with E-state index in [1.807, 2.05) is 18.7 Å². The van der Waals surface area contributed by atoms with Gasteiger partial charge in [0.05, 0.1) is 6.04 Å². The maximum Gasteiger partial charge on any atom is 0.237 e. The predicted molar refractivity (Wildman–Crippen MR) is 96.8 cm³/mol. The van der Waals surface area contributed by atoms with Crippen LogP contribution in [0.15, 0.2) is 17.5 Å². The molecule has 1 aromatic heterocycles. The Balaban J connectivity index is 1.80. The van der Waals surface area contributed by atoms with Crippen molar-refractivity contribution < 1.29 is 4.79 Å². The molecule has 1 fully saturated rings. The fourth-order valence-electron chi connectivity index (χ4n) is 2.91. The van der Waals surface area contributed by atoms with E-state index in [9.17, 15) is 4.79 Å². The van der Waals surface area contributed by atoms with Crippen LogP contribution in [0.5, 0.6) is 0 Å². The standard InChI is InChI=1S/C16H27N3OS2/c1-12(16(20)17-8-7-13-6-5-9-22-13)19-10-14(18(2)3)15(11-19)21-4/h5-6,9,12,14-15H,7-8,10-11H2,1-4H3,(H,17,20)/t12-,14+,15+/m0/s1. The molecule has 124 valence electrons. The van der Waals surface area contributed by atoms with Gasteiger partial charge < -0.3 is 10.2 Å². The third-order valence-corrected chi connectivity index (χ3v) is 6.41. The Morgan fingerprint density at radius 1 is 1.55 bits per heavy atom. The molecule has 0 spiro atoms. The average molecular weight is 342 g/mol. The van der Waals surface area contributed by atoms with Gasteiger partial charge in [0.15, 0.2) is 0 Å². The van der Waals surface area contributed by atoms with E-state index >= 15 is 0 Å². The van der Waals surface area contributed by atoms with Crippen LogP contribution in [0.25, 0.3) is 0 Å². The number of nitrogens with zero attached hydrogens (tertiary/aromatic N) is 2. The van der Waals surface area contributed by atoms with Gasteiger partial charge in [0.2, 0.25) is 5.91 Å². The van der Waals surface area contributed by atoms with Crippen LogP contribution in [0.3, 0.4) is 0 Å². The Labute approximate surface area is 142 Å². The quantitative estimate of drug-likeness (QED) is 0.820. The van der Waals surface area contributed by atoms with Gasteiger partial charge in [-0.25, -0.2) is 0 Å². The lowest BCUT2D eigenvalue weighted by Gasteiger charge is -2.25. The Kier molecular flexibility index (Phi) is 6.74. The summed E-state index contributed by atoms with van der Waals surface area (Å²) in [6.45, 7) is 4.71. The van der Waals surface area contributed by atoms with Gasteiger partial charge >= 0.3 is 0 Å². The molecule has 22 heavy (non-hydrogen) atoms. The molecule has 0 aromatic carbocycles. The average Bonchev–Trinajstić information content (AvgIpc) is 3.15. The van der Waals surface area contributed by atoms with E-state index in [-0.39, 0.29) is 11.9 Å². The van der Waals surface area contributed by atoms with Crippen molar-refractivity contribution in [2.24, 2.45) is 0 Å². The Bertz CT molecular complexity index is 464. The first kappa shape index (κ1) is 17.8. The number of hydrogen-bond acceptors (Lipinski definition) is 5. The Hall–Kier alpha value is -0.560. The largest absolute Gasteiger partial charge is 0.354 e. The first-order valence-electron chi connectivity index (χ1n) is 7.76. The lowest BCUT2D eigenvalue weighted by molar-refractivity contribution is -0.125. The summed E-state index contributed by atoms with van der Waals surface area (Å²) in [5, 5.41) is 5.74. The van der Waals surface area contributed by atoms with E-state index in [4.69, 9.17) is 0 Å². The number of hydrogen-bond donors (Lipinski definition) is 1. The summed E-state index contributed by atoms with van der Waals surface area (Å²) < 4.78 is 0. The highest BCUT2D eigenvalue weighted by Gasteiger charge is 2.37. The number of carbonyl (C=O) groups is 1. The number of likely N-dealkylation sites (tertiary alicyclic amines) is 1. The molecule has 0 radical (unpaired) electrons. The van der Waals surface area contributed by atoms with Crippen molar-refractivity contribution in [2.75, 3.05) is 40.0 Å². The molecule has 1 aliphatic rings. The second-order valence-corrected chi connectivity index (χ2v) is 8.16. The fourth-order valence-corrected chi connectivity index (χ4v) is 4.60. The summed E-state index contributed by atoms with van der Waals surface area (Å²) in [5.41, 5.74) is 0. The van der Waals surface area contributed by atoms with E-state index in [1.165, 1.54) is 4.88 Å². The molecule has 1 amide bonds. The molecule has 2 heterocycles. The third-order valence-electron chi connectivity index (χ3n) is 4.41. The van der Waals surface area contributed by atoms with Crippen LogP contribution in [0.2, 0.25) is 0 Å². The van der Waals surface area contributed by atoms with Crippen molar-refractivity contribution in [2.45, 2.75) is 30.7 Å². The minimum Gasteiger partial charge on any atom is -0.354 e. The zero-order chi connectivity index (χ0) is 16.1. The van der Waals surface area contributed by atoms with Crippen LogP contribution in [0, 0.1) is 0 Å². The summed E-state index contributed by atoms with van der Waals surface area (Å²) in [4.78, 5) is 18.3. The third kappa shape index (κ3) is 4.47. The van der Waals surface area contributed by atoms with Crippen molar-refractivity contribution in [3.8, 4) is 0 Å². The molecule has 0 bridgehead atoms. The second-order valence-electron chi connectivity index (χ2n) is 6.06. The molecule has 1 N–H and O–H groups in total. The van der Waals surface area contributed by atoms with E-state index in [0.717, 1.165) is 26.1 Å². The maximum atomic E-state index is 12.4. The number of carbonyl (C=O) groups excluding carboxylic acids is 1. The number of rotatable bonds is 7. The van der Waals surface area contributed by atoms with Crippen molar-refractivity contribution in [1.82, 2.24) is 15.1 Å². The Morgan fingerprint density at radius 3 is 2.86 bits per heavy atom. The molecule has 1 saturated heterocycles. The van der Waals surface area contributed by atoms with Crippen LogP contribution in [0.1, 0.15) is 11.8 Å². The highest BCUT2D eigenvalue weighted by Crippen LogP contribution is 2.25. The van der Waals surface area contributed by atoms with Gasteiger partial charge in [-0.1, -0.05) is 6.07 Å². The smallest absolute Gasteiger partial charge is 0.237 e. The van der Waals surface area contributed by atoms with Crippen LogP contribution in [-0.4, -0.2) is 73.0 Å². The molecule has 0 saturated carbocycles. The molecule has 6 heteroatoms. The molecule has 2 rings (SSSR count). The summed E-state index contributed by atoms with van der Waals surface area (Å²) in [6, 6.07) is 4.64. The molecular formula is C16H27N3OS2. The maximum absolute atomic E-state index is 12.4. The molecule has 0 aliphatic carbocycles. The number of likely N-dealkylation sites (N-methyl/N-ethyl adjacent to an activating group) is 1. The molecule has 1 aromatic rings. The normalized spacial score (nSPS) is 23.9. The molecule has 3 atom stereocenters. The first-order valence-corrected chi connectivity index (χ1v) is 9.93. The number of nitrogens with one attached hydrogen (secondary N) is 1. The lowest BCUT2D eigenvalue weighted by atomic mass is 10.2. The monoisotopic (exact) mass is 341 g/mol. The summed E-state index contributed by atoms with van der Waals surface area (Å²) >= 11 is 3.65. The van der Waals surface area contributed by atoms with Crippen molar-refractivity contribution in [3.05, 3.63) is 22.4 Å². The van der Waals surface area contributed by atoms with Crippen LogP contribution >= 0.6 is 23.1 Å². The van der Waals surface area contributed by atoms with E-state index in [0.29, 0.717) is 11.3 Å². The number of thiophene rings is 1. The molecular weight excluding hydrogens is 314 g/mol.